The standard InChI is InChI=1S/C13H14ClN5O/c1-13(2,3)9-6-8(7-10(14)17-9)11(20)18-12-15-4-5-16-19-12/h4-7H,1-3H3,(H,15,18,19,20). The molecule has 104 valence electrons. The number of hydrogen-bond donors (Lipinski definition) is 1. The third kappa shape index (κ3) is 3.48. The van der Waals surface area contributed by atoms with E-state index in [0.717, 1.165) is 5.69 Å². The zero-order valence-electron chi connectivity index (χ0n) is 11.4. The maximum Gasteiger partial charge on any atom is 0.258 e. The first-order valence-corrected chi connectivity index (χ1v) is 6.37. The van der Waals surface area contributed by atoms with Crippen molar-refractivity contribution in [3.63, 3.8) is 0 Å². The monoisotopic (exact) mass is 291 g/mol. The lowest BCUT2D eigenvalue weighted by Crippen LogP contribution is -2.18. The van der Waals surface area contributed by atoms with Gasteiger partial charge in [-0.15, -0.1) is 5.10 Å². The van der Waals surface area contributed by atoms with Crippen LogP contribution in [0.15, 0.2) is 24.5 Å². The zero-order valence-corrected chi connectivity index (χ0v) is 12.1. The molecule has 1 amide bonds. The van der Waals surface area contributed by atoms with Gasteiger partial charge < -0.3 is 0 Å². The van der Waals surface area contributed by atoms with Crippen molar-refractivity contribution in [2.75, 3.05) is 5.32 Å². The summed E-state index contributed by atoms with van der Waals surface area (Å²) in [7, 11) is 0. The first-order valence-electron chi connectivity index (χ1n) is 5.99. The van der Waals surface area contributed by atoms with E-state index in [-0.39, 0.29) is 22.4 Å². The minimum absolute atomic E-state index is 0.141. The van der Waals surface area contributed by atoms with E-state index in [1.807, 2.05) is 20.8 Å². The molecule has 0 radical (unpaired) electrons. The molecule has 0 bridgehead atoms. The van der Waals surface area contributed by atoms with Gasteiger partial charge in [-0.2, -0.15) is 5.10 Å². The number of nitrogens with one attached hydrogen (secondary N) is 1. The van der Waals surface area contributed by atoms with Gasteiger partial charge in [-0.3, -0.25) is 10.1 Å². The van der Waals surface area contributed by atoms with Crippen LogP contribution >= 0.6 is 11.6 Å². The van der Waals surface area contributed by atoms with Gasteiger partial charge in [0.1, 0.15) is 5.15 Å². The second-order valence-corrected chi connectivity index (χ2v) is 5.62. The number of anilines is 1. The predicted molar refractivity (Wildman–Crippen MR) is 75.7 cm³/mol. The predicted octanol–water partition coefficient (Wildman–Crippen LogP) is 2.47. The lowest BCUT2D eigenvalue weighted by atomic mass is 9.91. The molecule has 0 spiro atoms. The van der Waals surface area contributed by atoms with E-state index >= 15 is 0 Å². The fraction of sp³-hybridized carbons (Fsp3) is 0.308. The van der Waals surface area contributed by atoms with Gasteiger partial charge in [-0.05, 0) is 12.1 Å². The third-order valence-corrected chi connectivity index (χ3v) is 2.73. The summed E-state index contributed by atoms with van der Waals surface area (Å²) >= 11 is 5.97. The molecule has 0 aliphatic rings. The van der Waals surface area contributed by atoms with Gasteiger partial charge >= 0.3 is 0 Å². The summed E-state index contributed by atoms with van der Waals surface area (Å²) in [5, 5.41) is 10.2. The number of carbonyl (C=O) groups excluding carboxylic acids is 1. The highest BCUT2D eigenvalue weighted by molar-refractivity contribution is 6.29. The number of pyridine rings is 1. The Morgan fingerprint density at radius 1 is 1.25 bits per heavy atom. The Kier molecular flexibility index (Phi) is 3.94. The van der Waals surface area contributed by atoms with Crippen LogP contribution in [0.2, 0.25) is 5.15 Å². The minimum atomic E-state index is -0.354. The molecule has 0 atom stereocenters. The normalized spacial score (nSPS) is 11.2. The maximum atomic E-state index is 12.1. The molecule has 0 aromatic carbocycles. The number of carbonyl (C=O) groups is 1. The number of halogens is 1. The molecular weight excluding hydrogens is 278 g/mol. The summed E-state index contributed by atoms with van der Waals surface area (Å²) < 4.78 is 0. The molecule has 0 unspecified atom stereocenters. The molecule has 1 N–H and O–H groups in total. The van der Waals surface area contributed by atoms with Crippen molar-refractivity contribution in [1.29, 1.82) is 0 Å². The first-order chi connectivity index (χ1) is 9.36. The van der Waals surface area contributed by atoms with E-state index < -0.39 is 0 Å². The van der Waals surface area contributed by atoms with Crippen LogP contribution < -0.4 is 5.32 Å². The molecule has 20 heavy (non-hydrogen) atoms. The Morgan fingerprint density at radius 2 is 2.00 bits per heavy atom. The van der Waals surface area contributed by atoms with Crippen LogP contribution in [0.3, 0.4) is 0 Å². The van der Waals surface area contributed by atoms with Gasteiger partial charge in [0.05, 0.1) is 12.4 Å². The summed E-state index contributed by atoms with van der Waals surface area (Å²) in [5.41, 5.74) is 0.940. The smallest absolute Gasteiger partial charge is 0.258 e. The van der Waals surface area contributed by atoms with Crippen LogP contribution in [0, 0.1) is 0 Å². The Hall–Kier alpha value is -2.08. The van der Waals surface area contributed by atoms with Gasteiger partial charge in [0.2, 0.25) is 5.95 Å². The largest absolute Gasteiger partial charge is 0.289 e. The lowest BCUT2D eigenvalue weighted by Gasteiger charge is -2.18. The molecule has 0 saturated heterocycles. The zero-order chi connectivity index (χ0) is 14.8. The van der Waals surface area contributed by atoms with E-state index in [1.54, 1.807) is 6.07 Å². The van der Waals surface area contributed by atoms with Crippen LogP contribution in [-0.4, -0.2) is 26.1 Å². The fourth-order valence-corrected chi connectivity index (χ4v) is 1.70. The quantitative estimate of drug-likeness (QED) is 0.860. The van der Waals surface area contributed by atoms with Gasteiger partial charge in [0.15, 0.2) is 0 Å². The fourth-order valence-electron chi connectivity index (χ4n) is 1.49. The summed E-state index contributed by atoms with van der Waals surface area (Å²) in [5.74, 6) is -0.212. The van der Waals surface area contributed by atoms with Crippen LogP contribution in [0.25, 0.3) is 0 Å². The van der Waals surface area contributed by atoms with Crippen LogP contribution in [0.5, 0.6) is 0 Å². The Labute approximate surface area is 121 Å². The van der Waals surface area contributed by atoms with Crippen molar-refractivity contribution < 1.29 is 4.79 Å². The average molecular weight is 292 g/mol. The minimum Gasteiger partial charge on any atom is -0.289 e. The van der Waals surface area contributed by atoms with Gasteiger partial charge in [-0.25, -0.2) is 9.97 Å². The topological polar surface area (TPSA) is 80.7 Å². The molecule has 0 saturated carbocycles. The molecule has 0 aliphatic heterocycles. The summed E-state index contributed by atoms with van der Waals surface area (Å²) in [6.07, 6.45) is 2.87. The SMILES string of the molecule is CC(C)(C)c1cc(C(=O)Nc2nccnn2)cc(Cl)n1. The van der Waals surface area contributed by atoms with Crippen LogP contribution in [0.1, 0.15) is 36.8 Å². The molecule has 2 heterocycles. The third-order valence-electron chi connectivity index (χ3n) is 2.53. The van der Waals surface area contributed by atoms with Gasteiger partial charge in [0, 0.05) is 16.7 Å². The Bertz CT molecular complexity index is 624. The molecular formula is C13H14ClN5O. The lowest BCUT2D eigenvalue weighted by molar-refractivity contribution is 0.102. The first kappa shape index (κ1) is 14.3. The van der Waals surface area contributed by atoms with Crippen molar-refractivity contribution in [2.24, 2.45) is 0 Å². The van der Waals surface area contributed by atoms with Crippen molar-refractivity contribution >= 4 is 23.5 Å². The molecule has 2 aromatic rings. The highest BCUT2D eigenvalue weighted by Crippen LogP contribution is 2.23. The number of amides is 1. The van der Waals surface area contributed by atoms with Gasteiger partial charge in [-0.1, -0.05) is 32.4 Å². The van der Waals surface area contributed by atoms with Crippen molar-refractivity contribution in [1.82, 2.24) is 20.2 Å². The molecule has 6 nitrogen and oxygen atoms in total. The van der Waals surface area contributed by atoms with Crippen LogP contribution in [0.4, 0.5) is 5.95 Å². The van der Waals surface area contributed by atoms with Crippen molar-refractivity contribution in [2.45, 2.75) is 26.2 Å². The molecule has 0 fully saturated rings. The van der Waals surface area contributed by atoms with Gasteiger partial charge in [0.25, 0.3) is 5.91 Å². The van der Waals surface area contributed by atoms with E-state index in [4.69, 9.17) is 11.6 Å². The Morgan fingerprint density at radius 3 is 2.60 bits per heavy atom. The second kappa shape index (κ2) is 5.50. The summed E-state index contributed by atoms with van der Waals surface area (Å²) in [4.78, 5) is 20.3. The highest BCUT2D eigenvalue weighted by Gasteiger charge is 2.19. The van der Waals surface area contributed by atoms with Crippen molar-refractivity contribution in [3.05, 3.63) is 40.9 Å². The number of rotatable bonds is 2. The number of nitrogens with zero attached hydrogens (tertiary/aromatic N) is 4. The number of hydrogen-bond acceptors (Lipinski definition) is 5. The van der Waals surface area contributed by atoms with E-state index in [9.17, 15) is 4.79 Å². The molecule has 7 heteroatoms. The summed E-state index contributed by atoms with van der Waals surface area (Å²) in [6.45, 7) is 5.99. The van der Waals surface area contributed by atoms with E-state index in [1.165, 1.54) is 18.5 Å². The maximum absolute atomic E-state index is 12.1. The average Bonchev–Trinajstić information content (AvgIpc) is 2.38. The Balaban J connectivity index is 2.29. The summed E-state index contributed by atoms with van der Waals surface area (Å²) in [6, 6.07) is 3.21. The molecule has 0 aliphatic carbocycles. The number of aromatic nitrogens is 4. The molecule has 2 rings (SSSR count). The van der Waals surface area contributed by atoms with E-state index in [0.29, 0.717) is 5.56 Å². The highest BCUT2D eigenvalue weighted by atomic mass is 35.5. The molecule has 2 aromatic heterocycles. The van der Waals surface area contributed by atoms with Crippen molar-refractivity contribution in [3.8, 4) is 0 Å². The van der Waals surface area contributed by atoms with Crippen LogP contribution in [-0.2, 0) is 5.41 Å². The second-order valence-electron chi connectivity index (χ2n) is 5.23. The van der Waals surface area contributed by atoms with E-state index in [2.05, 4.69) is 25.5 Å².